The molecule has 0 aliphatic heterocycles. The fourth-order valence-corrected chi connectivity index (χ4v) is 2.12. The average molecular weight is 271 g/mol. The second-order valence-corrected chi connectivity index (χ2v) is 5.81. The molecule has 1 aliphatic carbocycles. The van der Waals surface area contributed by atoms with Crippen LogP contribution in [0.2, 0.25) is 0 Å². The second kappa shape index (κ2) is 8.18. The van der Waals surface area contributed by atoms with E-state index in [0.29, 0.717) is 0 Å². The number of amides is 1. The molecule has 0 spiro atoms. The van der Waals surface area contributed by atoms with Crippen molar-refractivity contribution in [2.24, 2.45) is 5.92 Å². The lowest BCUT2D eigenvalue weighted by Gasteiger charge is -2.28. The largest absolute Gasteiger partial charge is 0.444 e. The standard InChI is InChI=1S/C13H23NO3.C2H6/c1-9(15)10-5-7-11(8-6-10)14-12(16)17-13(2,3)4;1-2/h10-11H,5-8H2,1-4H3,(H,14,16);1-2H3. The highest BCUT2D eigenvalue weighted by molar-refractivity contribution is 5.78. The third-order valence-electron chi connectivity index (χ3n) is 3.02. The Kier molecular flexibility index (Phi) is 7.72. The van der Waals surface area contributed by atoms with E-state index in [-0.39, 0.29) is 23.8 Å². The molecule has 1 saturated carbocycles. The van der Waals surface area contributed by atoms with Crippen LogP contribution in [0.3, 0.4) is 0 Å². The fourth-order valence-electron chi connectivity index (χ4n) is 2.12. The molecule has 0 aromatic rings. The first-order chi connectivity index (χ1) is 8.78. The molecule has 1 rings (SSSR count). The van der Waals surface area contributed by atoms with Gasteiger partial charge >= 0.3 is 6.09 Å². The average Bonchev–Trinajstić information content (AvgIpc) is 2.29. The molecule has 1 amide bonds. The highest BCUT2D eigenvalue weighted by Gasteiger charge is 2.26. The van der Waals surface area contributed by atoms with Crippen molar-refractivity contribution < 1.29 is 14.3 Å². The normalized spacial score (nSPS) is 22.8. The van der Waals surface area contributed by atoms with Gasteiger partial charge in [0, 0.05) is 12.0 Å². The molecule has 112 valence electrons. The number of alkyl carbamates (subject to hydrolysis) is 1. The summed E-state index contributed by atoms with van der Waals surface area (Å²) in [6.07, 6.45) is 3.11. The van der Waals surface area contributed by atoms with Crippen molar-refractivity contribution in [1.82, 2.24) is 5.32 Å². The van der Waals surface area contributed by atoms with Crippen molar-refractivity contribution in [3.05, 3.63) is 0 Å². The molecule has 0 radical (unpaired) electrons. The smallest absolute Gasteiger partial charge is 0.407 e. The molecule has 0 aromatic carbocycles. The molecule has 1 N–H and O–H groups in total. The lowest BCUT2D eigenvalue weighted by Crippen LogP contribution is -2.41. The van der Waals surface area contributed by atoms with Gasteiger partial charge < -0.3 is 10.1 Å². The molecule has 19 heavy (non-hydrogen) atoms. The van der Waals surface area contributed by atoms with Gasteiger partial charge in [-0.05, 0) is 53.4 Å². The molecule has 0 bridgehead atoms. The minimum absolute atomic E-state index is 0.153. The molecule has 0 heterocycles. The molecule has 4 nitrogen and oxygen atoms in total. The molecule has 1 fully saturated rings. The summed E-state index contributed by atoms with van der Waals surface area (Å²) >= 11 is 0. The molecule has 4 heteroatoms. The van der Waals surface area contributed by atoms with Gasteiger partial charge in [-0.25, -0.2) is 4.79 Å². The van der Waals surface area contributed by atoms with Crippen LogP contribution in [0.4, 0.5) is 4.79 Å². The summed E-state index contributed by atoms with van der Waals surface area (Å²) in [4.78, 5) is 22.7. The zero-order chi connectivity index (χ0) is 15.1. The van der Waals surface area contributed by atoms with Crippen LogP contribution < -0.4 is 5.32 Å². The lowest BCUT2D eigenvalue weighted by atomic mass is 9.84. The van der Waals surface area contributed by atoms with Gasteiger partial charge in [0.1, 0.15) is 11.4 Å². The summed E-state index contributed by atoms with van der Waals surface area (Å²) in [5.41, 5.74) is -0.458. The van der Waals surface area contributed by atoms with E-state index >= 15 is 0 Å². The van der Waals surface area contributed by atoms with Gasteiger partial charge in [-0.1, -0.05) is 13.8 Å². The third kappa shape index (κ3) is 7.85. The number of nitrogens with one attached hydrogen (secondary N) is 1. The molecule has 1 aliphatic rings. The van der Waals surface area contributed by atoms with Gasteiger partial charge in [-0.15, -0.1) is 0 Å². The van der Waals surface area contributed by atoms with Gasteiger partial charge in [0.25, 0.3) is 0 Å². The van der Waals surface area contributed by atoms with Crippen molar-refractivity contribution in [2.45, 2.75) is 78.9 Å². The van der Waals surface area contributed by atoms with Crippen LogP contribution >= 0.6 is 0 Å². The Balaban J connectivity index is 0.00000154. The number of carbonyl (C=O) groups excluding carboxylic acids is 2. The summed E-state index contributed by atoms with van der Waals surface area (Å²) < 4.78 is 5.20. The van der Waals surface area contributed by atoms with Gasteiger partial charge in [0.2, 0.25) is 0 Å². The number of carbonyl (C=O) groups is 2. The minimum atomic E-state index is -0.458. The Morgan fingerprint density at radius 1 is 1.05 bits per heavy atom. The van der Waals surface area contributed by atoms with Crippen LogP contribution in [0.5, 0.6) is 0 Å². The Bertz CT molecular complexity index is 286. The van der Waals surface area contributed by atoms with Crippen molar-refractivity contribution in [2.75, 3.05) is 0 Å². The van der Waals surface area contributed by atoms with Gasteiger partial charge in [-0.2, -0.15) is 0 Å². The van der Waals surface area contributed by atoms with E-state index in [1.807, 2.05) is 34.6 Å². The highest BCUT2D eigenvalue weighted by atomic mass is 16.6. The zero-order valence-electron chi connectivity index (χ0n) is 13.2. The molecule has 0 aromatic heterocycles. The molecular formula is C15H29NO3. The van der Waals surface area contributed by atoms with Crippen molar-refractivity contribution in [3.63, 3.8) is 0 Å². The highest BCUT2D eigenvalue weighted by Crippen LogP contribution is 2.25. The molecule has 0 unspecified atom stereocenters. The van der Waals surface area contributed by atoms with Crippen molar-refractivity contribution in [3.8, 4) is 0 Å². The summed E-state index contributed by atoms with van der Waals surface area (Å²) in [5, 5.41) is 2.86. The Hall–Kier alpha value is -1.06. The Labute approximate surface area is 117 Å². The predicted molar refractivity (Wildman–Crippen MR) is 77.1 cm³/mol. The predicted octanol–water partition coefficient (Wildman–Crippen LogP) is 3.69. The summed E-state index contributed by atoms with van der Waals surface area (Å²) in [5.74, 6) is 0.451. The number of ether oxygens (including phenoxy) is 1. The van der Waals surface area contributed by atoms with Crippen molar-refractivity contribution >= 4 is 11.9 Å². The van der Waals surface area contributed by atoms with Crippen molar-refractivity contribution in [1.29, 1.82) is 0 Å². The molecular weight excluding hydrogens is 242 g/mol. The monoisotopic (exact) mass is 271 g/mol. The lowest BCUT2D eigenvalue weighted by molar-refractivity contribution is -0.121. The third-order valence-corrected chi connectivity index (χ3v) is 3.02. The van der Waals surface area contributed by atoms with Crippen LogP contribution in [-0.2, 0) is 9.53 Å². The number of rotatable bonds is 2. The van der Waals surface area contributed by atoms with E-state index in [4.69, 9.17) is 4.74 Å². The topological polar surface area (TPSA) is 55.4 Å². The van der Waals surface area contributed by atoms with E-state index in [1.54, 1.807) is 6.92 Å². The van der Waals surface area contributed by atoms with Gasteiger partial charge in [0.15, 0.2) is 0 Å². The van der Waals surface area contributed by atoms with Crippen LogP contribution in [-0.4, -0.2) is 23.5 Å². The van der Waals surface area contributed by atoms with Crippen LogP contribution in [0.25, 0.3) is 0 Å². The number of ketones is 1. The minimum Gasteiger partial charge on any atom is -0.444 e. The maximum absolute atomic E-state index is 11.5. The fraction of sp³-hybridized carbons (Fsp3) is 0.867. The Morgan fingerprint density at radius 3 is 1.89 bits per heavy atom. The number of hydrogen-bond donors (Lipinski definition) is 1. The van der Waals surface area contributed by atoms with E-state index < -0.39 is 5.60 Å². The van der Waals surface area contributed by atoms with Crippen LogP contribution in [0.15, 0.2) is 0 Å². The van der Waals surface area contributed by atoms with Crippen LogP contribution in [0.1, 0.15) is 67.2 Å². The quantitative estimate of drug-likeness (QED) is 0.833. The number of Topliss-reactive ketones (excluding diaryl/α,β-unsaturated/α-hetero) is 1. The summed E-state index contributed by atoms with van der Waals surface area (Å²) in [6.45, 7) is 11.2. The first-order valence-electron chi connectivity index (χ1n) is 7.28. The molecule has 0 saturated heterocycles. The molecule has 0 atom stereocenters. The van der Waals surface area contributed by atoms with E-state index in [1.165, 1.54) is 0 Å². The van der Waals surface area contributed by atoms with Gasteiger partial charge in [-0.3, -0.25) is 4.79 Å². The zero-order valence-corrected chi connectivity index (χ0v) is 13.2. The maximum Gasteiger partial charge on any atom is 0.407 e. The second-order valence-electron chi connectivity index (χ2n) is 5.81. The van der Waals surface area contributed by atoms with E-state index in [0.717, 1.165) is 25.7 Å². The Morgan fingerprint density at radius 2 is 1.53 bits per heavy atom. The van der Waals surface area contributed by atoms with E-state index in [9.17, 15) is 9.59 Å². The maximum atomic E-state index is 11.5. The SMILES string of the molecule is CC.CC(=O)C1CCC(NC(=O)OC(C)(C)C)CC1. The first-order valence-corrected chi connectivity index (χ1v) is 7.28. The summed E-state index contributed by atoms with van der Waals surface area (Å²) in [6, 6.07) is 0.153. The first kappa shape index (κ1) is 17.9. The summed E-state index contributed by atoms with van der Waals surface area (Å²) in [7, 11) is 0. The van der Waals surface area contributed by atoms with E-state index in [2.05, 4.69) is 5.32 Å². The number of hydrogen-bond acceptors (Lipinski definition) is 3. The van der Waals surface area contributed by atoms with Gasteiger partial charge in [0.05, 0.1) is 0 Å². The van der Waals surface area contributed by atoms with Crippen LogP contribution in [0, 0.1) is 5.92 Å².